The lowest BCUT2D eigenvalue weighted by Gasteiger charge is -2.43. The minimum Gasteiger partial charge on any atom is -0.316 e. The summed E-state index contributed by atoms with van der Waals surface area (Å²) >= 11 is 0. The Hall–Kier alpha value is -0.863. The third kappa shape index (κ3) is 3.12. The van der Waals surface area contributed by atoms with Crippen molar-refractivity contribution in [1.29, 1.82) is 0 Å². The average molecular weight is 261 g/mol. The van der Waals surface area contributed by atoms with Crippen LogP contribution in [-0.4, -0.2) is 24.9 Å². The maximum atomic E-state index is 3.82. The first-order chi connectivity index (χ1) is 8.30. The minimum atomic E-state index is -1.57. The predicted octanol–water partition coefficient (Wildman–Crippen LogP) is 3.86. The highest BCUT2D eigenvalue weighted by molar-refractivity contribution is 6.87. The molecule has 0 aliphatic heterocycles. The van der Waals surface area contributed by atoms with E-state index < -0.39 is 8.24 Å². The van der Waals surface area contributed by atoms with Gasteiger partial charge in [0.05, 0.1) is 0 Å². The van der Waals surface area contributed by atoms with Crippen molar-refractivity contribution in [2.45, 2.75) is 52.9 Å². The fraction of sp³-hybridized carbons (Fsp3) is 0.500. The molecule has 1 aromatic carbocycles. The molecule has 0 aliphatic carbocycles. The van der Waals surface area contributed by atoms with E-state index in [1.807, 2.05) is 6.08 Å². The third-order valence-electron chi connectivity index (χ3n) is 3.61. The highest BCUT2D eigenvalue weighted by Crippen LogP contribution is 2.18. The van der Waals surface area contributed by atoms with Gasteiger partial charge < -0.3 is 4.57 Å². The molecule has 1 nitrogen and oxygen atoms in total. The van der Waals surface area contributed by atoms with E-state index in [4.69, 9.17) is 0 Å². The van der Waals surface area contributed by atoms with Gasteiger partial charge in [-0.2, -0.15) is 0 Å². The molecule has 0 heterocycles. The van der Waals surface area contributed by atoms with Crippen LogP contribution in [0.4, 0.5) is 0 Å². The molecule has 1 rings (SSSR count). The van der Waals surface area contributed by atoms with E-state index in [0.29, 0.717) is 12.1 Å². The van der Waals surface area contributed by atoms with E-state index in [1.54, 1.807) is 0 Å². The smallest absolute Gasteiger partial charge is 0.154 e. The van der Waals surface area contributed by atoms with Crippen LogP contribution in [0.2, 0.25) is 13.1 Å². The first kappa shape index (κ1) is 15.2. The number of hydrogen-bond acceptors (Lipinski definition) is 1. The SMILES string of the molecule is C=Cc1ccc([Si](C)(C)N(C(C)C)C(C)C)cc1. The van der Waals surface area contributed by atoms with Crippen molar-refractivity contribution in [2.24, 2.45) is 0 Å². The van der Waals surface area contributed by atoms with Crippen molar-refractivity contribution in [3.05, 3.63) is 36.4 Å². The Morgan fingerprint density at radius 2 is 1.44 bits per heavy atom. The van der Waals surface area contributed by atoms with Crippen LogP contribution in [0.1, 0.15) is 33.3 Å². The molecule has 1 aromatic rings. The van der Waals surface area contributed by atoms with Gasteiger partial charge in [-0.25, -0.2) is 0 Å². The lowest BCUT2D eigenvalue weighted by atomic mass is 10.2. The summed E-state index contributed by atoms with van der Waals surface area (Å²) in [5, 5.41) is 1.50. The average Bonchev–Trinajstić information content (AvgIpc) is 2.27. The molecular weight excluding hydrogens is 234 g/mol. The number of benzene rings is 1. The van der Waals surface area contributed by atoms with Crippen molar-refractivity contribution >= 4 is 19.5 Å². The molecule has 18 heavy (non-hydrogen) atoms. The zero-order valence-corrected chi connectivity index (χ0v) is 13.7. The van der Waals surface area contributed by atoms with Gasteiger partial charge >= 0.3 is 0 Å². The monoisotopic (exact) mass is 261 g/mol. The molecule has 0 aliphatic rings. The molecule has 0 radical (unpaired) electrons. The quantitative estimate of drug-likeness (QED) is 0.728. The number of rotatable bonds is 5. The zero-order chi connectivity index (χ0) is 13.9. The topological polar surface area (TPSA) is 3.24 Å². The molecule has 0 unspecified atom stereocenters. The lowest BCUT2D eigenvalue weighted by molar-refractivity contribution is 0.299. The van der Waals surface area contributed by atoms with E-state index in [0.717, 1.165) is 0 Å². The number of hydrogen-bond donors (Lipinski definition) is 0. The van der Waals surface area contributed by atoms with Gasteiger partial charge in [0, 0.05) is 0 Å². The fourth-order valence-electron chi connectivity index (χ4n) is 3.06. The van der Waals surface area contributed by atoms with Crippen LogP contribution in [-0.2, 0) is 0 Å². The van der Waals surface area contributed by atoms with Crippen molar-refractivity contribution in [3.63, 3.8) is 0 Å². The Bertz CT molecular complexity index is 382. The van der Waals surface area contributed by atoms with Crippen molar-refractivity contribution in [3.8, 4) is 0 Å². The maximum absolute atomic E-state index is 3.82. The first-order valence-corrected chi connectivity index (χ1v) is 9.76. The number of nitrogens with zero attached hydrogens (tertiary/aromatic N) is 1. The Morgan fingerprint density at radius 1 is 1.00 bits per heavy atom. The molecule has 0 saturated heterocycles. The second kappa shape index (κ2) is 5.85. The molecule has 0 N–H and O–H groups in total. The molecule has 100 valence electrons. The van der Waals surface area contributed by atoms with Gasteiger partial charge in [0.1, 0.15) is 0 Å². The van der Waals surface area contributed by atoms with Crippen LogP contribution < -0.4 is 5.19 Å². The van der Waals surface area contributed by atoms with Gasteiger partial charge in [-0.1, -0.05) is 77.7 Å². The van der Waals surface area contributed by atoms with Crippen molar-refractivity contribution in [2.75, 3.05) is 0 Å². The minimum absolute atomic E-state index is 0.589. The Kier molecular flexibility index (Phi) is 4.94. The van der Waals surface area contributed by atoms with Crippen LogP contribution in [0.25, 0.3) is 6.08 Å². The van der Waals surface area contributed by atoms with Crippen LogP contribution in [0.5, 0.6) is 0 Å². The van der Waals surface area contributed by atoms with E-state index in [1.165, 1.54) is 10.8 Å². The van der Waals surface area contributed by atoms with E-state index in [9.17, 15) is 0 Å². The highest BCUT2D eigenvalue weighted by Gasteiger charge is 2.34. The Balaban J connectivity index is 3.12. The first-order valence-electron chi connectivity index (χ1n) is 6.82. The maximum Gasteiger partial charge on any atom is 0.154 e. The summed E-state index contributed by atoms with van der Waals surface area (Å²) in [4.78, 5) is 0. The van der Waals surface area contributed by atoms with Gasteiger partial charge in [0.15, 0.2) is 8.24 Å². The molecule has 0 saturated carbocycles. The van der Waals surface area contributed by atoms with Gasteiger partial charge in [-0.3, -0.25) is 0 Å². The van der Waals surface area contributed by atoms with Crippen LogP contribution in [0.15, 0.2) is 30.8 Å². The molecule has 0 fully saturated rings. The third-order valence-corrected chi connectivity index (χ3v) is 7.68. The van der Waals surface area contributed by atoms with Crippen LogP contribution >= 0.6 is 0 Å². The summed E-state index contributed by atoms with van der Waals surface area (Å²) in [6, 6.07) is 10.1. The summed E-state index contributed by atoms with van der Waals surface area (Å²) < 4.78 is 2.69. The van der Waals surface area contributed by atoms with Crippen molar-refractivity contribution in [1.82, 2.24) is 4.57 Å². The van der Waals surface area contributed by atoms with Gasteiger partial charge in [0.25, 0.3) is 0 Å². The molecule has 0 spiro atoms. The zero-order valence-electron chi connectivity index (χ0n) is 12.7. The van der Waals surface area contributed by atoms with Gasteiger partial charge in [0.2, 0.25) is 0 Å². The normalized spacial score (nSPS) is 12.5. The summed E-state index contributed by atoms with van der Waals surface area (Å²) in [5.41, 5.74) is 1.20. The van der Waals surface area contributed by atoms with E-state index >= 15 is 0 Å². The molecule has 0 atom stereocenters. The predicted molar refractivity (Wildman–Crippen MR) is 85.8 cm³/mol. The van der Waals surface area contributed by atoms with Crippen molar-refractivity contribution < 1.29 is 0 Å². The fourth-order valence-corrected chi connectivity index (χ4v) is 6.93. The van der Waals surface area contributed by atoms with E-state index in [-0.39, 0.29) is 0 Å². The second-order valence-electron chi connectivity index (χ2n) is 5.98. The Labute approximate surface area is 114 Å². The molecule has 0 amide bonds. The van der Waals surface area contributed by atoms with Crippen LogP contribution in [0, 0.1) is 0 Å². The second-order valence-corrected chi connectivity index (χ2v) is 10.2. The Morgan fingerprint density at radius 3 is 1.78 bits per heavy atom. The van der Waals surface area contributed by atoms with Gasteiger partial charge in [-0.05, 0) is 22.8 Å². The summed E-state index contributed by atoms with van der Waals surface area (Å²) in [5.74, 6) is 0. The molecular formula is C16H27NSi. The summed E-state index contributed by atoms with van der Waals surface area (Å²) in [7, 11) is -1.57. The molecule has 2 heteroatoms. The summed E-state index contributed by atoms with van der Waals surface area (Å²) in [6.07, 6.45) is 1.90. The molecule has 0 aromatic heterocycles. The van der Waals surface area contributed by atoms with Crippen LogP contribution in [0.3, 0.4) is 0 Å². The lowest BCUT2D eigenvalue weighted by Crippen LogP contribution is -2.62. The largest absolute Gasteiger partial charge is 0.316 e. The molecule has 0 bridgehead atoms. The summed E-state index contributed by atoms with van der Waals surface area (Å²) in [6.45, 7) is 17.9. The van der Waals surface area contributed by atoms with E-state index in [2.05, 4.69) is 76.2 Å². The highest BCUT2D eigenvalue weighted by atomic mass is 28.3. The van der Waals surface area contributed by atoms with Gasteiger partial charge in [-0.15, -0.1) is 0 Å². The standard InChI is InChI=1S/C16H27NSi/c1-8-15-9-11-16(12-10-15)18(6,7)17(13(2)3)14(4)5/h8-14H,1H2,2-7H3.